The maximum Gasteiger partial charge on any atom is 0.290 e. The first kappa shape index (κ1) is 14.0. The van der Waals surface area contributed by atoms with Gasteiger partial charge in [0, 0.05) is 24.3 Å². The van der Waals surface area contributed by atoms with E-state index in [0.29, 0.717) is 31.6 Å². The van der Waals surface area contributed by atoms with Gasteiger partial charge in [0.2, 0.25) is 5.91 Å². The van der Waals surface area contributed by atoms with Crippen LogP contribution in [0.3, 0.4) is 0 Å². The first-order valence-electron chi connectivity index (χ1n) is 7.55. The Hall–Kier alpha value is -2.60. The molecule has 0 aliphatic carbocycles. The third-order valence-electron chi connectivity index (χ3n) is 4.34. The van der Waals surface area contributed by atoms with Crippen LogP contribution in [0, 0.1) is 0 Å². The number of aliphatic hydroxyl groups is 1. The van der Waals surface area contributed by atoms with Gasteiger partial charge in [0.1, 0.15) is 0 Å². The molecule has 2 amide bonds. The molecule has 6 nitrogen and oxygen atoms in total. The molecule has 118 valence electrons. The highest BCUT2D eigenvalue weighted by Gasteiger charge is 2.34. The second-order valence-corrected chi connectivity index (χ2v) is 5.92. The third kappa shape index (κ3) is 2.31. The summed E-state index contributed by atoms with van der Waals surface area (Å²) in [5.74, 6) is 0.0227. The largest absolute Gasteiger partial charge is 0.459 e. The molecule has 0 atom stereocenters. The number of furan rings is 1. The van der Waals surface area contributed by atoms with E-state index >= 15 is 0 Å². The topological polar surface area (TPSA) is 74.0 Å². The van der Waals surface area contributed by atoms with Gasteiger partial charge in [0.25, 0.3) is 5.91 Å². The molecular formula is C17H16N2O4. The molecule has 2 aromatic rings. The van der Waals surface area contributed by atoms with Crippen molar-refractivity contribution >= 4 is 17.5 Å². The molecule has 1 aromatic carbocycles. The van der Waals surface area contributed by atoms with Crippen LogP contribution in [0.2, 0.25) is 0 Å². The van der Waals surface area contributed by atoms with Crippen LogP contribution in [0.5, 0.6) is 0 Å². The van der Waals surface area contributed by atoms with E-state index in [1.165, 1.54) is 11.2 Å². The van der Waals surface area contributed by atoms with Crippen LogP contribution in [0.15, 0.2) is 41.0 Å². The van der Waals surface area contributed by atoms with Crippen LogP contribution in [0.1, 0.15) is 21.7 Å². The summed E-state index contributed by atoms with van der Waals surface area (Å²) in [4.78, 5) is 27.8. The number of β-amino-alcohol motifs (C(OH)–C–C–N with tert-alkyl or cyclic N) is 1. The lowest BCUT2D eigenvalue weighted by molar-refractivity contribution is -0.117. The van der Waals surface area contributed by atoms with Gasteiger partial charge in [-0.2, -0.15) is 0 Å². The number of nitrogens with zero attached hydrogens (tertiary/aromatic N) is 2. The van der Waals surface area contributed by atoms with Gasteiger partial charge in [0.15, 0.2) is 5.76 Å². The summed E-state index contributed by atoms with van der Waals surface area (Å²) in [7, 11) is 0. The molecule has 6 heteroatoms. The lowest BCUT2D eigenvalue weighted by Crippen LogP contribution is -2.53. The first-order valence-corrected chi connectivity index (χ1v) is 7.55. The van der Waals surface area contributed by atoms with E-state index in [1.54, 1.807) is 11.0 Å². The van der Waals surface area contributed by atoms with Crippen molar-refractivity contribution in [3.05, 3.63) is 53.5 Å². The molecule has 0 bridgehead atoms. The van der Waals surface area contributed by atoms with Crippen LogP contribution < -0.4 is 4.90 Å². The van der Waals surface area contributed by atoms with Gasteiger partial charge >= 0.3 is 0 Å². The van der Waals surface area contributed by atoms with Crippen LogP contribution in [0.4, 0.5) is 5.69 Å². The van der Waals surface area contributed by atoms with E-state index in [-0.39, 0.29) is 17.6 Å². The highest BCUT2D eigenvalue weighted by Crippen LogP contribution is 2.31. The number of aliphatic hydroxyl groups excluding tert-OH is 1. The molecule has 3 heterocycles. The lowest BCUT2D eigenvalue weighted by Gasteiger charge is -2.35. The fraction of sp³-hybridized carbons (Fsp3) is 0.294. The Bertz CT molecular complexity index is 776. The highest BCUT2D eigenvalue weighted by molar-refractivity contribution is 6.01. The number of fused-ring (bicyclic) bond motifs is 1. The van der Waals surface area contributed by atoms with Gasteiger partial charge in [-0.3, -0.25) is 9.59 Å². The summed E-state index contributed by atoms with van der Waals surface area (Å²) in [6, 6.07) is 9.38. The van der Waals surface area contributed by atoms with Crippen molar-refractivity contribution < 1.29 is 19.1 Å². The van der Waals surface area contributed by atoms with Crippen molar-refractivity contribution in [1.29, 1.82) is 0 Å². The van der Waals surface area contributed by atoms with Gasteiger partial charge in [0.05, 0.1) is 25.3 Å². The SMILES string of the molecule is O=C(c1occc1CN1C(=O)Cc2ccccc21)N1CC(O)C1. The third-order valence-corrected chi connectivity index (χ3v) is 4.34. The van der Waals surface area contributed by atoms with Crippen LogP contribution in [0.25, 0.3) is 0 Å². The zero-order valence-electron chi connectivity index (χ0n) is 12.4. The number of hydrogen-bond acceptors (Lipinski definition) is 4. The number of likely N-dealkylation sites (tertiary alicyclic amines) is 1. The predicted molar refractivity (Wildman–Crippen MR) is 82.0 cm³/mol. The Morgan fingerprint density at radius 2 is 2.04 bits per heavy atom. The second-order valence-electron chi connectivity index (χ2n) is 5.92. The van der Waals surface area contributed by atoms with Crippen LogP contribution in [-0.2, 0) is 17.8 Å². The summed E-state index contributed by atoms with van der Waals surface area (Å²) >= 11 is 0. The van der Waals surface area contributed by atoms with E-state index in [4.69, 9.17) is 4.42 Å². The molecule has 4 rings (SSSR count). The Morgan fingerprint density at radius 3 is 2.83 bits per heavy atom. The van der Waals surface area contributed by atoms with Crippen molar-refractivity contribution in [3.8, 4) is 0 Å². The maximum atomic E-state index is 12.4. The van der Waals surface area contributed by atoms with Gasteiger partial charge in [-0.15, -0.1) is 0 Å². The normalized spacial score (nSPS) is 17.3. The van der Waals surface area contributed by atoms with E-state index < -0.39 is 6.10 Å². The fourth-order valence-corrected chi connectivity index (χ4v) is 3.07. The summed E-state index contributed by atoms with van der Waals surface area (Å²) in [5, 5.41) is 9.33. The van der Waals surface area contributed by atoms with E-state index in [2.05, 4.69) is 0 Å². The molecular weight excluding hydrogens is 296 g/mol. The van der Waals surface area contributed by atoms with Crippen LogP contribution in [-0.4, -0.2) is 41.0 Å². The van der Waals surface area contributed by atoms with E-state index in [9.17, 15) is 14.7 Å². The van der Waals surface area contributed by atoms with E-state index in [0.717, 1.165) is 11.3 Å². The molecule has 2 aliphatic rings. The second kappa shape index (κ2) is 5.24. The molecule has 1 aromatic heterocycles. The Balaban J connectivity index is 1.58. The molecule has 1 fully saturated rings. The minimum atomic E-state index is -0.454. The van der Waals surface area contributed by atoms with Gasteiger partial charge in [-0.1, -0.05) is 18.2 Å². The molecule has 2 aliphatic heterocycles. The Labute approximate surface area is 132 Å². The number of para-hydroxylation sites is 1. The minimum Gasteiger partial charge on any atom is -0.459 e. The lowest BCUT2D eigenvalue weighted by atomic mass is 10.1. The zero-order chi connectivity index (χ0) is 16.0. The molecule has 0 radical (unpaired) electrons. The summed E-state index contributed by atoms with van der Waals surface area (Å²) in [6.45, 7) is 0.957. The van der Waals surface area contributed by atoms with E-state index in [1.807, 2.05) is 24.3 Å². The number of hydrogen-bond donors (Lipinski definition) is 1. The molecule has 0 spiro atoms. The molecule has 23 heavy (non-hydrogen) atoms. The predicted octanol–water partition coefficient (Wildman–Crippen LogP) is 1.19. The van der Waals surface area contributed by atoms with Gasteiger partial charge in [-0.05, 0) is 17.7 Å². The summed E-state index contributed by atoms with van der Waals surface area (Å²) in [6.07, 6.45) is 1.39. The maximum absolute atomic E-state index is 12.4. The average Bonchev–Trinajstić information content (AvgIpc) is 3.09. The average molecular weight is 312 g/mol. The van der Waals surface area contributed by atoms with Gasteiger partial charge in [-0.25, -0.2) is 0 Å². The van der Waals surface area contributed by atoms with Crippen molar-refractivity contribution in [2.75, 3.05) is 18.0 Å². The van der Waals surface area contributed by atoms with Crippen molar-refractivity contribution in [2.24, 2.45) is 0 Å². The number of carbonyl (C=O) groups excluding carboxylic acids is 2. The summed E-state index contributed by atoms with van der Waals surface area (Å²) in [5.41, 5.74) is 2.57. The molecule has 0 unspecified atom stereocenters. The fourth-order valence-electron chi connectivity index (χ4n) is 3.07. The molecule has 1 saturated heterocycles. The van der Waals surface area contributed by atoms with Crippen molar-refractivity contribution in [3.63, 3.8) is 0 Å². The number of anilines is 1. The number of amides is 2. The quantitative estimate of drug-likeness (QED) is 0.924. The van der Waals surface area contributed by atoms with Crippen molar-refractivity contribution in [1.82, 2.24) is 4.90 Å². The summed E-state index contributed by atoms with van der Waals surface area (Å²) < 4.78 is 5.34. The minimum absolute atomic E-state index is 0.0187. The zero-order valence-corrected chi connectivity index (χ0v) is 12.4. The first-order chi connectivity index (χ1) is 11.1. The molecule has 0 saturated carbocycles. The van der Waals surface area contributed by atoms with Crippen molar-refractivity contribution in [2.45, 2.75) is 19.1 Å². The smallest absolute Gasteiger partial charge is 0.290 e. The van der Waals surface area contributed by atoms with Crippen LogP contribution >= 0.6 is 0 Å². The number of benzene rings is 1. The van der Waals surface area contributed by atoms with Gasteiger partial charge < -0.3 is 19.3 Å². The monoisotopic (exact) mass is 312 g/mol. The Morgan fingerprint density at radius 1 is 1.26 bits per heavy atom. The number of carbonyl (C=O) groups is 2. The number of rotatable bonds is 3. The molecule has 1 N–H and O–H groups in total. The highest BCUT2D eigenvalue weighted by atomic mass is 16.3. The standard InChI is InChI=1S/C17H16N2O4/c20-13-9-18(10-13)17(22)16-12(5-6-23-16)8-19-14-4-2-1-3-11(14)7-15(19)21/h1-6,13,20H,7-10H2. The Kier molecular flexibility index (Phi) is 3.20.